The van der Waals surface area contributed by atoms with Crippen molar-refractivity contribution in [1.29, 1.82) is 0 Å². The molecule has 0 aliphatic rings. The van der Waals surface area contributed by atoms with Gasteiger partial charge in [-0.25, -0.2) is 0 Å². The van der Waals surface area contributed by atoms with Gasteiger partial charge in [0.1, 0.15) is 0 Å². The van der Waals surface area contributed by atoms with Gasteiger partial charge in [-0.2, -0.15) is 0 Å². The third-order valence-electron chi connectivity index (χ3n) is 1.06. The molecule has 0 heterocycles. The Morgan fingerprint density at radius 2 is 1.50 bits per heavy atom. The Bertz CT molecular complexity index is 62.9. The molecule has 0 atom stereocenters. The van der Waals surface area contributed by atoms with E-state index in [-0.39, 0.29) is 0 Å². The molecule has 0 fully saturated rings. The maximum absolute atomic E-state index is 10.9. The third-order valence-corrected chi connectivity index (χ3v) is 7.10. The van der Waals surface area contributed by atoms with Gasteiger partial charge in [-0.1, -0.05) is 0 Å². The van der Waals surface area contributed by atoms with Gasteiger partial charge in [-0.3, -0.25) is 0 Å². The molecule has 48 valence electrons. The molecule has 0 aliphatic carbocycles. The average Bonchev–Trinajstić information content (AvgIpc) is 1.68. The van der Waals surface area contributed by atoms with Crippen LogP contribution in [0.15, 0.2) is 0 Å². The second kappa shape index (κ2) is 5.73. The van der Waals surface area contributed by atoms with Crippen molar-refractivity contribution in [2.24, 2.45) is 0 Å². The van der Waals surface area contributed by atoms with E-state index in [1.54, 1.807) is 0 Å². The van der Waals surface area contributed by atoms with Crippen LogP contribution in [0.1, 0.15) is 26.7 Å². The molecule has 0 aromatic rings. The topological polar surface area (TPSA) is 17.1 Å². The van der Waals surface area contributed by atoms with Crippen molar-refractivity contribution in [3.05, 3.63) is 0 Å². The molecule has 2 heteroatoms. The van der Waals surface area contributed by atoms with Gasteiger partial charge in [0.25, 0.3) is 0 Å². The Morgan fingerprint density at radius 1 is 1.12 bits per heavy atom. The van der Waals surface area contributed by atoms with Crippen LogP contribution >= 0.6 is 0 Å². The average molecular weight is 221 g/mol. The number of hydrogen-bond acceptors (Lipinski definition) is 1. The van der Waals surface area contributed by atoms with Gasteiger partial charge in [0.05, 0.1) is 0 Å². The minimum absolute atomic E-state index is 1.05. The minimum atomic E-state index is -1.94. The molecule has 0 aromatic heterocycles. The quantitative estimate of drug-likeness (QED) is 0.665. The molecule has 0 aliphatic heterocycles. The summed E-state index contributed by atoms with van der Waals surface area (Å²) in [6.07, 6.45) is 2.25. The Balaban J connectivity index is 3.06. The summed E-state index contributed by atoms with van der Waals surface area (Å²) in [7, 11) is 0. The summed E-state index contributed by atoms with van der Waals surface area (Å²) >= 11 is -1.94. The van der Waals surface area contributed by atoms with Gasteiger partial charge in [0.15, 0.2) is 0 Å². The van der Waals surface area contributed by atoms with Crippen molar-refractivity contribution in [3.63, 3.8) is 0 Å². The molecule has 0 aromatic carbocycles. The summed E-state index contributed by atoms with van der Waals surface area (Å²) in [5.41, 5.74) is 0. The van der Waals surface area contributed by atoms with Crippen molar-refractivity contribution in [2.45, 2.75) is 35.6 Å². The van der Waals surface area contributed by atoms with Crippen molar-refractivity contribution in [1.82, 2.24) is 0 Å². The van der Waals surface area contributed by atoms with Crippen LogP contribution in [0.5, 0.6) is 0 Å². The van der Waals surface area contributed by atoms with Crippen LogP contribution in [0, 0.1) is 0 Å². The molecule has 0 N–H and O–H groups in total. The van der Waals surface area contributed by atoms with Crippen LogP contribution in [0.25, 0.3) is 0 Å². The number of rotatable bonds is 4. The molecule has 1 nitrogen and oxygen atoms in total. The van der Waals surface area contributed by atoms with E-state index in [0.717, 1.165) is 21.7 Å². The van der Waals surface area contributed by atoms with Crippen LogP contribution in [0.3, 0.4) is 0 Å². The summed E-state index contributed by atoms with van der Waals surface area (Å²) in [5.74, 6) is 0. The zero-order valence-electron chi connectivity index (χ0n) is 5.74. The summed E-state index contributed by atoms with van der Waals surface area (Å²) in [6, 6.07) is 0. The first-order valence-corrected chi connectivity index (χ1v) is 8.53. The second-order valence-corrected chi connectivity index (χ2v) is 7.97. The monoisotopic (exact) mass is 222 g/mol. The Hall–Kier alpha value is 0.599. The van der Waals surface area contributed by atoms with Crippen molar-refractivity contribution >= 4 is 19.7 Å². The maximum atomic E-state index is 10.9. The van der Waals surface area contributed by atoms with Crippen LogP contribution in [0.2, 0.25) is 8.87 Å². The van der Waals surface area contributed by atoms with E-state index in [1.807, 2.05) is 0 Å². The number of hydrogen-bond donors (Lipinski definition) is 0. The van der Waals surface area contributed by atoms with E-state index in [2.05, 4.69) is 13.8 Å². The third kappa shape index (κ3) is 4.75. The SMILES string of the molecule is CC[CH2][Sn](=[O])[CH2]CC. The van der Waals surface area contributed by atoms with E-state index in [9.17, 15) is 3.08 Å². The fourth-order valence-corrected chi connectivity index (χ4v) is 4.58. The molecule has 0 saturated carbocycles. The predicted molar refractivity (Wildman–Crippen MR) is 36.6 cm³/mol. The van der Waals surface area contributed by atoms with E-state index in [0.29, 0.717) is 0 Å². The standard InChI is InChI=1S/2C3H7.O.Sn/c2*1-3-2;;/h2*1,3H2,2H3;;. The Morgan fingerprint density at radius 3 is 1.75 bits per heavy atom. The molecule has 0 saturated heterocycles. The van der Waals surface area contributed by atoms with Crippen LogP contribution in [0.4, 0.5) is 0 Å². The molecule has 0 radical (unpaired) electrons. The second-order valence-electron chi connectivity index (χ2n) is 2.04. The first-order chi connectivity index (χ1) is 3.81. The van der Waals surface area contributed by atoms with Crippen LogP contribution in [-0.2, 0) is 3.08 Å². The van der Waals surface area contributed by atoms with Gasteiger partial charge in [-0.05, 0) is 0 Å². The van der Waals surface area contributed by atoms with Gasteiger partial charge >= 0.3 is 58.4 Å². The van der Waals surface area contributed by atoms with Gasteiger partial charge < -0.3 is 0 Å². The van der Waals surface area contributed by atoms with E-state index >= 15 is 0 Å². The van der Waals surface area contributed by atoms with Crippen LogP contribution in [-0.4, -0.2) is 19.7 Å². The fourth-order valence-electron chi connectivity index (χ4n) is 0.683. The normalized spacial score (nSPS) is 9.25. The molecular weight excluding hydrogens is 207 g/mol. The summed E-state index contributed by atoms with van der Waals surface area (Å²) < 4.78 is 13.0. The molecule has 0 rings (SSSR count). The van der Waals surface area contributed by atoms with Crippen molar-refractivity contribution in [3.8, 4) is 0 Å². The molecular formula is C6H14OSn. The van der Waals surface area contributed by atoms with Gasteiger partial charge in [0, 0.05) is 0 Å². The van der Waals surface area contributed by atoms with E-state index in [4.69, 9.17) is 0 Å². The molecule has 8 heavy (non-hydrogen) atoms. The van der Waals surface area contributed by atoms with Crippen LogP contribution < -0.4 is 0 Å². The zero-order valence-corrected chi connectivity index (χ0v) is 8.59. The predicted octanol–water partition coefficient (Wildman–Crippen LogP) is 2.23. The first kappa shape index (κ1) is 8.60. The van der Waals surface area contributed by atoms with Gasteiger partial charge in [-0.15, -0.1) is 0 Å². The summed E-state index contributed by atoms with van der Waals surface area (Å²) in [5, 5.41) is 0. The van der Waals surface area contributed by atoms with E-state index in [1.165, 1.54) is 0 Å². The molecule has 0 amide bonds. The summed E-state index contributed by atoms with van der Waals surface area (Å²) in [4.78, 5) is 0. The molecule has 0 bridgehead atoms. The van der Waals surface area contributed by atoms with Crippen molar-refractivity contribution in [2.75, 3.05) is 0 Å². The summed E-state index contributed by atoms with van der Waals surface area (Å²) in [6.45, 7) is 4.21. The fraction of sp³-hybridized carbons (Fsp3) is 1.00. The van der Waals surface area contributed by atoms with E-state index < -0.39 is 19.7 Å². The Labute approximate surface area is 58.6 Å². The van der Waals surface area contributed by atoms with Crippen molar-refractivity contribution < 1.29 is 3.08 Å². The zero-order chi connectivity index (χ0) is 6.41. The Kier molecular flexibility index (Phi) is 6.16. The molecule has 0 spiro atoms. The van der Waals surface area contributed by atoms with Gasteiger partial charge in [0.2, 0.25) is 0 Å². The molecule has 0 unspecified atom stereocenters. The first-order valence-electron chi connectivity index (χ1n) is 3.33.